The predicted octanol–water partition coefficient (Wildman–Crippen LogP) is 3.87. The van der Waals surface area contributed by atoms with Crippen molar-refractivity contribution >= 4 is 0 Å². The Labute approximate surface area is 146 Å². The standard InChI is InChI=1S/C20H19N5/c1-14-11-15(2)25(24-14)18-7-3-5-16(13-18)12-17-6-4-8-19(23-17)20-21-9-10-22-20/h3-11,13H,12H2,1-2H3,(H,21,22). The molecule has 0 spiro atoms. The van der Waals surface area contributed by atoms with Crippen LogP contribution in [-0.2, 0) is 6.42 Å². The van der Waals surface area contributed by atoms with E-state index in [-0.39, 0.29) is 0 Å². The molecule has 4 aromatic rings. The number of aryl methyl sites for hydroxylation is 2. The minimum Gasteiger partial charge on any atom is -0.343 e. The first-order valence-corrected chi connectivity index (χ1v) is 8.27. The molecular formula is C20H19N5. The highest BCUT2D eigenvalue weighted by Crippen LogP contribution is 2.17. The van der Waals surface area contributed by atoms with Gasteiger partial charge in [0.25, 0.3) is 0 Å². The van der Waals surface area contributed by atoms with Gasteiger partial charge in [0.05, 0.1) is 11.4 Å². The number of aromatic nitrogens is 5. The van der Waals surface area contributed by atoms with Crippen molar-refractivity contribution in [3.05, 3.63) is 83.6 Å². The molecule has 0 aliphatic rings. The molecule has 1 aromatic carbocycles. The molecule has 3 heterocycles. The molecule has 0 unspecified atom stereocenters. The fourth-order valence-electron chi connectivity index (χ4n) is 3.01. The summed E-state index contributed by atoms with van der Waals surface area (Å²) in [5.41, 5.74) is 6.30. The summed E-state index contributed by atoms with van der Waals surface area (Å²) in [5, 5.41) is 4.57. The zero-order chi connectivity index (χ0) is 17.2. The molecule has 25 heavy (non-hydrogen) atoms. The van der Waals surface area contributed by atoms with Crippen molar-refractivity contribution < 1.29 is 0 Å². The summed E-state index contributed by atoms with van der Waals surface area (Å²) in [6.45, 7) is 4.08. The Kier molecular flexibility index (Phi) is 3.90. The summed E-state index contributed by atoms with van der Waals surface area (Å²) in [7, 11) is 0. The van der Waals surface area contributed by atoms with Gasteiger partial charge in [-0.2, -0.15) is 5.10 Å². The molecule has 0 fully saturated rings. The zero-order valence-corrected chi connectivity index (χ0v) is 14.3. The van der Waals surface area contributed by atoms with E-state index < -0.39 is 0 Å². The SMILES string of the molecule is Cc1cc(C)n(-c2cccc(Cc3cccc(-c4ncc[nH]4)n3)c2)n1. The summed E-state index contributed by atoms with van der Waals surface area (Å²) in [6, 6.07) is 16.5. The molecule has 0 aliphatic carbocycles. The monoisotopic (exact) mass is 329 g/mol. The number of hydrogen-bond donors (Lipinski definition) is 1. The summed E-state index contributed by atoms with van der Waals surface area (Å²) < 4.78 is 1.98. The Hall–Kier alpha value is -3.21. The van der Waals surface area contributed by atoms with Crippen LogP contribution in [0.1, 0.15) is 22.6 Å². The van der Waals surface area contributed by atoms with Crippen molar-refractivity contribution in [1.82, 2.24) is 24.7 Å². The highest BCUT2D eigenvalue weighted by atomic mass is 15.3. The van der Waals surface area contributed by atoms with E-state index in [9.17, 15) is 0 Å². The van der Waals surface area contributed by atoms with E-state index in [4.69, 9.17) is 4.98 Å². The molecular weight excluding hydrogens is 310 g/mol. The van der Waals surface area contributed by atoms with Crippen LogP contribution in [0, 0.1) is 13.8 Å². The summed E-state index contributed by atoms with van der Waals surface area (Å²) in [5.74, 6) is 0.790. The number of imidazole rings is 1. The zero-order valence-electron chi connectivity index (χ0n) is 14.3. The third-order valence-electron chi connectivity index (χ3n) is 4.10. The predicted molar refractivity (Wildman–Crippen MR) is 97.7 cm³/mol. The van der Waals surface area contributed by atoms with Crippen LogP contribution >= 0.6 is 0 Å². The van der Waals surface area contributed by atoms with E-state index in [0.29, 0.717) is 0 Å². The van der Waals surface area contributed by atoms with Gasteiger partial charge in [-0.05, 0) is 49.7 Å². The fourth-order valence-corrected chi connectivity index (χ4v) is 3.01. The van der Waals surface area contributed by atoms with E-state index in [2.05, 4.69) is 52.3 Å². The molecule has 1 N–H and O–H groups in total. The largest absolute Gasteiger partial charge is 0.343 e. The van der Waals surface area contributed by atoms with E-state index in [1.54, 1.807) is 6.20 Å². The molecule has 0 radical (unpaired) electrons. The molecule has 124 valence electrons. The fraction of sp³-hybridized carbons (Fsp3) is 0.150. The van der Waals surface area contributed by atoms with Gasteiger partial charge in [-0.3, -0.25) is 0 Å². The lowest BCUT2D eigenvalue weighted by Gasteiger charge is -2.08. The van der Waals surface area contributed by atoms with Crippen LogP contribution < -0.4 is 0 Å². The number of pyridine rings is 1. The first-order valence-electron chi connectivity index (χ1n) is 8.27. The molecule has 0 saturated carbocycles. The van der Waals surface area contributed by atoms with Crippen LogP contribution in [0.15, 0.2) is 60.9 Å². The molecule has 0 saturated heterocycles. The molecule has 0 aliphatic heterocycles. The van der Waals surface area contributed by atoms with E-state index in [1.165, 1.54) is 5.56 Å². The van der Waals surface area contributed by atoms with Gasteiger partial charge in [-0.15, -0.1) is 0 Å². The molecule has 0 bridgehead atoms. The van der Waals surface area contributed by atoms with Gasteiger partial charge in [-0.25, -0.2) is 14.6 Å². The number of hydrogen-bond acceptors (Lipinski definition) is 3. The maximum absolute atomic E-state index is 4.72. The van der Waals surface area contributed by atoms with Crippen LogP contribution in [0.25, 0.3) is 17.2 Å². The Morgan fingerprint density at radius 1 is 1.04 bits per heavy atom. The molecule has 0 atom stereocenters. The number of rotatable bonds is 4. The smallest absolute Gasteiger partial charge is 0.155 e. The quantitative estimate of drug-likeness (QED) is 0.618. The van der Waals surface area contributed by atoms with Gasteiger partial charge < -0.3 is 4.98 Å². The maximum atomic E-state index is 4.72. The van der Waals surface area contributed by atoms with Crippen LogP contribution in [0.4, 0.5) is 0 Å². The van der Waals surface area contributed by atoms with Crippen molar-refractivity contribution in [2.45, 2.75) is 20.3 Å². The van der Waals surface area contributed by atoms with Gasteiger partial charge >= 0.3 is 0 Å². The number of nitrogens with one attached hydrogen (secondary N) is 1. The number of benzene rings is 1. The molecule has 0 amide bonds. The Morgan fingerprint density at radius 3 is 2.68 bits per heavy atom. The van der Waals surface area contributed by atoms with Crippen molar-refractivity contribution in [3.63, 3.8) is 0 Å². The van der Waals surface area contributed by atoms with Crippen LogP contribution in [-0.4, -0.2) is 24.7 Å². The van der Waals surface area contributed by atoms with Gasteiger partial charge in [0.1, 0.15) is 5.69 Å². The molecule has 5 nitrogen and oxygen atoms in total. The average Bonchev–Trinajstić information content (AvgIpc) is 3.25. The Bertz CT molecular complexity index is 999. The summed E-state index contributed by atoms with van der Waals surface area (Å²) in [4.78, 5) is 12.1. The highest BCUT2D eigenvalue weighted by Gasteiger charge is 2.07. The number of aromatic amines is 1. The lowest BCUT2D eigenvalue weighted by molar-refractivity contribution is 0.831. The molecule has 4 rings (SSSR count). The van der Waals surface area contributed by atoms with E-state index in [0.717, 1.165) is 40.7 Å². The second-order valence-corrected chi connectivity index (χ2v) is 6.14. The molecule has 3 aromatic heterocycles. The third kappa shape index (κ3) is 3.21. The van der Waals surface area contributed by atoms with Gasteiger partial charge in [-0.1, -0.05) is 18.2 Å². The van der Waals surface area contributed by atoms with Crippen molar-refractivity contribution in [2.75, 3.05) is 0 Å². The average molecular weight is 329 g/mol. The number of H-pyrrole nitrogens is 1. The third-order valence-corrected chi connectivity index (χ3v) is 4.10. The van der Waals surface area contributed by atoms with Crippen molar-refractivity contribution in [2.24, 2.45) is 0 Å². The summed E-state index contributed by atoms with van der Waals surface area (Å²) >= 11 is 0. The maximum Gasteiger partial charge on any atom is 0.155 e. The molecule has 5 heteroatoms. The summed E-state index contributed by atoms with van der Waals surface area (Å²) in [6.07, 6.45) is 4.31. The second-order valence-electron chi connectivity index (χ2n) is 6.14. The van der Waals surface area contributed by atoms with Crippen molar-refractivity contribution in [3.8, 4) is 17.2 Å². The topological polar surface area (TPSA) is 59.4 Å². The van der Waals surface area contributed by atoms with E-state index >= 15 is 0 Å². The normalized spacial score (nSPS) is 11.0. The van der Waals surface area contributed by atoms with Crippen LogP contribution in [0.2, 0.25) is 0 Å². The first kappa shape index (κ1) is 15.3. The lowest BCUT2D eigenvalue weighted by atomic mass is 10.1. The second kappa shape index (κ2) is 6.36. The van der Waals surface area contributed by atoms with Gasteiger partial charge in [0.15, 0.2) is 5.82 Å². The van der Waals surface area contributed by atoms with Crippen LogP contribution in [0.5, 0.6) is 0 Å². The minimum atomic E-state index is 0.766. The Morgan fingerprint density at radius 2 is 1.92 bits per heavy atom. The first-order chi connectivity index (χ1) is 12.2. The highest BCUT2D eigenvalue weighted by molar-refractivity contribution is 5.49. The number of nitrogens with zero attached hydrogens (tertiary/aromatic N) is 4. The van der Waals surface area contributed by atoms with Gasteiger partial charge in [0.2, 0.25) is 0 Å². The minimum absolute atomic E-state index is 0.766. The van der Waals surface area contributed by atoms with Gasteiger partial charge in [0, 0.05) is 30.2 Å². The van der Waals surface area contributed by atoms with Crippen LogP contribution in [0.3, 0.4) is 0 Å². The lowest BCUT2D eigenvalue weighted by Crippen LogP contribution is -2.01. The van der Waals surface area contributed by atoms with E-state index in [1.807, 2.05) is 36.0 Å². The van der Waals surface area contributed by atoms with Crippen molar-refractivity contribution in [1.29, 1.82) is 0 Å². The Balaban J connectivity index is 1.62.